The first-order chi connectivity index (χ1) is 9.65. The van der Waals surface area contributed by atoms with Gasteiger partial charge >= 0.3 is 0 Å². The molecule has 5 nitrogen and oxygen atoms in total. The van der Waals surface area contributed by atoms with Crippen molar-refractivity contribution in [3.63, 3.8) is 0 Å². The van der Waals surface area contributed by atoms with Crippen LogP contribution in [0.5, 0.6) is 5.88 Å². The number of nitrogen functional groups attached to an aromatic ring is 1. The van der Waals surface area contributed by atoms with E-state index >= 15 is 0 Å². The minimum Gasteiger partial charge on any atom is -0.473 e. The van der Waals surface area contributed by atoms with Crippen LogP contribution in [0.2, 0.25) is 0 Å². The van der Waals surface area contributed by atoms with Crippen molar-refractivity contribution in [2.75, 3.05) is 29.6 Å². The molecule has 3 N–H and O–H groups in total. The second-order valence-electron chi connectivity index (χ2n) is 4.94. The maximum Gasteiger partial charge on any atom is 0.242 e. The normalized spacial score (nSPS) is 10.8. The summed E-state index contributed by atoms with van der Waals surface area (Å²) in [7, 11) is 0. The first kappa shape index (κ1) is 16.9. The average molecular weight is 298 g/mol. The number of nitrogens with zero attached hydrogens (tertiary/aromatic N) is 2. The van der Waals surface area contributed by atoms with Crippen LogP contribution in [0.4, 0.5) is 11.5 Å². The summed E-state index contributed by atoms with van der Waals surface area (Å²) < 4.78 is 5.54. The molecule has 0 aliphatic rings. The quantitative estimate of drug-likeness (QED) is 0.646. The van der Waals surface area contributed by atoms with Gasteiger partial charge in [0, 0.05) is 6.54 Å². The van der Waals surface area contributed by atoms with Gasteiger partial charge in [0.15, 0.2) is 5.82 Å². The predicted octanol–water partition coefficient (Wildman–Crippen LogP) is 3.18. The number of thioether (sulfide) groups is 1. The van der Waals surface area contributed by atoms with Gasteiger partial charge in [0.1, 0.15) is 12.0 Å². The van der Waals surface area contributed by atoms with Crippen LogP contribution in [-0.4, -0.2) is 34.6 Å². The topological polar surface area (TPSA) is 73.1 Å². The summed E-state index contributed by atoms with van der Waals surface area (Å²) in [6.07, 6.45) is 8.61. The molecule has 1 rings (SSSR count). The molecule has 0 aliphatic heterocycles. The van der Waals surface area contributed by atoms with E-state index < -0.39 is 0 Å². The molecule has 0 unspecified atom stereocenters. The van der Waals surface area contributed by atoms with Gasteiger partial charge in [0.05, 0.1) is 6.10 Å². The first-order valence-electron chi connectivity index (χ1n) is 7.15. The van der Waals surface area contributed by atoms with Crippen LogP contribution >= 0.6 is 11.8 Å². The Morgan fingerprint density at radius 1 is 1.25 bits per heavy atom. The van der Waals surface area contributed by atoms with Crippen LogP contribution in [0.15, 0.2) is 6.33 Å². The summed E-state index contributed by atoms with van der Waals surface area (Å²) in [5, 5.41) is 3.26. The Hall–Kier alpha value is -1.17. The van der Waals surface area contributed by atoms with Crippen molar-refractivity contribution in [2.45, 2.75) is 45.6 Å². The van der Waals surface area contributed by atoms with E-state index in [1.54, 1.807) is 0 Å². The zero-order valence-corrected chi connectivity index (χ0v) is 13.5. The van der Waals surface area contributed by atoms with Gasteiger partial charge in [-0.25, -0.2) is 4.98 Å². The Kier molecular flexibility index (Phi) is 8.18. The third kappa shape index (κ3) is 6.32. The molecule has 114 valence electrons. The van der Waals surface area contributed by atoms with Crippen molar-refractivity contribution >= 4 is 23.3 Å². The van der Waals surface area contributed by atoms with Gasteiger partial charge in [-0.05, 0) is 38.7 Å². The number of nitrogens with two attached hydrogens (primary N) is 1. The molecule has 1 aromatic heterocycles. The molecule has 6 heteroatoms. The molecular formula is C14H26N4OS. The molecule has 0 bridgehead atoms. The highest BCUT2D eigenvalue weighted by molar-refractivity contribution is 7.98. The van der Waals surface area contributed by atoms with Crippen LogP contribution in [0.25, 0.3) is 0 Å². The second kappa shape index (κ2) is 9.69. The third-order valence-corrected chi connectivity index (χ3v) is 3.46. The fourth-order valence-corrected chi connectivity index (χ4v) is 2.26. The molecule has 0 aliphatic carbocycles. The Morgan fingerprint density at radius 2 is 2.00 bits per heavy atom. The number of hydrogen-bond donors (Lipinski definition) is 2. The van der Waals surface area contributed by atoms with Gasteiger partial charge in [-0.2, -0.15) is 16.7 Å². The zero-order chi connectivity index (χ0) is 14.8. The van der Waals surface area contributed by atoms with E-state index in [1.807, 2.05) is 25.6 Å². The summed E-state index contributed by atoms with van der Waals surface area (Å²) in [5.74, 6) is 2.37. The summed E-state index contributed by atoms with van der Waals surface area (Å²) >= 11 is 1.91. The van der Waals surface area contributed by atoms with Crippen molar-refractivity contribution in [3.8, 4) is 5.88 Å². The number of hydrogen-bond acceptors (Lipinski definition) is 6. The average Bonchev–Trinajstić information content (AvgIpc) is 2.41. The van der Waals surface area contributed by atoms with E-state index in [0.717, 1.165) is 13.0 Å². The van der Waals surface area contributed by atoms with E-state index in [0.29, 0.717) is 17.4 Å². The maximum atomic E-state index is 6.00. The molecule has 1 aromatic rings. The van der Waals surface area contributed by atoms with Gasteiger partial charge in [0.2, 0.25) is 5.88 Å². The lowest BCUT2D eigenvalue weighted by atomic mass is 10.2. The van der Waals surface area contributed by atoms with Gasteiger partial charge < -0.3 is 15.8 Å². The minimum absolute atomic E-state index is 0.0523. The number of unbranched alkanes of at least 4 members (excludes halogenated alkanes) is 3. The zero-order valence-electron chi connectivity index (χ0n) is 12.7. The Balaban J connectivity index is 2.33. The van der Waals surface area contributed by atoms with Crippen molar-refractivity contribution in [1.29, 1.82) is 0 Å². The lowest BCUT2D eigenvalue weighted by Gasteiger charge is -2.13. The maximum absolute atomic E-state index is 6.00. The fourth-order valence-electron chi connectivity index (χ4n) is 1.77. The van der Waals surface area contributed by atoms with Crippen LogP contribution in [0, 0.1) is 0 Å². The fraction of sp³-hybridized carbons (Fsp3) is 0.714. The molecule has 0 radical (unpaired) electrons. The monoisotopic (exact) mass is 298 g/mol. The number of ether oxygens (including phenoxy) is 1. The van der Waals surface area contributed by atoms with Gasteiger partial charge in [-0.3, -0.25) is 0 Å². The molecule has 20 heavy (non-hydrogen) atoms. The lowest BCUT2D eigenvalue weighted by molar-refractivity contribution is 0.234. The Labute approximate surface area is 126 Å². The van der Waals surface area contributed by atoms with Gasteiger partial charge in [0.25, 0.3) is 0 Å². The van der Waals surface area contributed by atoms with Crippen LogP contribution in [0.3, 0.4) is 0 Å². The van der Waals surface area contributed by atoms with Crippen molar-refractivity contribution in [2.24, 2.45) is 0 Å². The van der Waals surface area contributed by atoms with Gasteiger partial charge in [-0.1, -0.05) is 12.8 Å². The second-order valence-corrected chi connectivity index (χ2v) is 5.93. The Bertz CT molecular complexity index is 387. The molecule has 0 aromatic carbocycles. The largest absolute Gasteiger partial charge is 0.473 e. The Morgan fingerprint density at radius 3 is 2.70 bits per heavy atom. The van der Waals surface area contributed by atoms with E-state index in [1.165, 1.54) is 31.3 Å². The lowest BCUT2D eigenvalue weighted by Crippen LogP contribution is -2.12. The minimum atomic E-state index is 0.0523. The molecule has 0 saturated carbocycles. The van der Waals surface area contributed by atoms with Crippen molar-refractivity contribution in [1.82, 2.24) is 9.97 Å². The molecule has 0 spiro atoms. The molecule has 0 fully saturated rings. The molecular weight excluding hydrogens is 272 g/mol. The molecule has 0 saturated heterocycles. The smallest absolute Gasteiger partial charge is 0.242 e. The molecule has 1 heterocycles. The summed E-state index contributed by atoms with van der Waals surface area (Å²) in [6, 6.07) is 0. The first-order valence-corrected chi connectivity index (χ1v) is 8.54. The van der Waals surface area contributed by atoms with Crippen molar-refractivity contribution < 1.29 is 4.74 Å². The van der Waals surface area contributed by atoms with Crippen LogP contribution in [0.1, 0.15) is 39.5 Å². The van der Waals surface area contributed by atoms with Crippen LogP contribution in [-0.2, 0) is 0 Å². The highest BCUT2D eigenvalue weighted by Gasteiger charge is 2.09. The summed E-state index contributed by atoms with van der Waals surface area (Å²) in [4.78, 5) is 8.22. The third-order valence-electron chi connectivity index (χ3n) is 2.76. The van der Waals surface area contributed by atoms with E-state index in [9.17, 15) is 0 Å². The highest BCUT2D eigenvalue weighted by Crippen LogP contribution is 2.25. The van der Waals surface area contributed by atoms with Crippen molar-refractivity contribution in [3.05, 3.63) is 6.33 Å². The molecule has 0 amide bonds. The van der Waals surface area contributed by atoms with E-state index in [2.05, 4.69) is 21.5 Å². The SMILES string of the molecule is CSCCCCCCNc1ncnc(OC(C)C)c1N. The molecule has 0 atom stereocenters. The number of anilines is 2. The number of aromatic nitrogens is 2. The standard InChI is InChI=1S/C14H26N4OS/c1-11(2)19-14-12(15)13(17-10-18-14)16-8-6-4-5-7-9-20-3/h10-11H,4-9,15H2,1-3H3,(H,16,17,18). The summed E-state index contributed by atoms with van der Waals surface area (Å²) in [5.41, 5.74) is 6.49. The van der Waals surface area contributed by atoms with E-state index in [-0.39, 0.29) is 6.10 Å². The highest BCUT2D eigenvalue weighted by atomic mass is 32.2. The van der Waals surface area contributed by atoms with Crippen LogP contribution < -0.4 is 15.8 Å². The van der Waals surface area contributed by atoms with E-state index in [4.69, 9.17) is 10.5 Å². The predicted molar refractivity (Wildman–Crippen MR) is 87.5 cm³/mol. The number of rotatable bonds is 10. The summed E-state index contributed by atoms with van der Waals surface area (Å²) in [6.45, 7) is 4.77. The van der Waals surface area contributed by atoms with Gasteiger partial charge in [-0.15, -0.1) is 0 Å². The number of nitrogens with one attached hydrogen (secondary N) is 1.